The van der Waals surface area contributed by atoms with Gasteiger partial charge in [0.05, 0.1) is 31.8 Å². The van der Waals surface area contributed by atoms with Crippen LogP contribution in [0.1, 0.15) is 33.5 Å². The minimum atomic E-state index is -0.0638. The van der Waals surface area contributed by atoms with E-state index in [0.29, 0.717) is 24.4 Å². The molecule has 2 aromatic rings. The van der Waals surface area contributed by atoms with Crippen LogP contribution in [0, 0.1) is 0 Å². The Labute approximate surface area is 180 Å². The molecule has 1 aromatic carbocycles. The molecular weight excluding hydrogens is 402 g/mol. The highest BCUT2D eigenvalue weighted by Gasteiger charge is 2.33. The van der Waals surface area contributed by atoms with Gasteiger partial charge in [-0.05, 0) is 42.8 Å². The third kappa shape index (κ3) is 5.24. The molecule has 0 unspecified atom stereocenters. The van der Waals surface area contributed by atoms with Crippen LogP contribution in [0.25, 0.3) is 0 Å². The number of hydrogen-bond donors (Lipinski definition) is 1. The van der Waals surface area contributed by atoms with Crippen LogP contribution < -0.4 is 5.32 Å². The van der Waals surface area contributed by atoms with E-state index in [1.165, 1.54) is 0 Å². The first-order valence-corrected chi connectivity index (χ1v) is 11.4. The fourth-order valence-electron chi connectivity index (χ4n) is 3.70. The van der Waals surface area contributed by atoms with Crippen LogP contribution in [0.3, 0.4) is 0 Å². The SMILES string of the molecule is O=C(NCCCN1CCOCC1)c1ccc([C@@H]2SCC(=O)N2Cc2ccco2)cc1. The Morgan fingerprint density at radius 1 is 1.17 bits per heavy atom. The Morgan fingerprint density at radius 3 is 2.70 bits per heavy atom. The molecule has 0 saturated carbocycles. The summed E-state index contributed by atoms with van der Waals surface area (Å²) in [6.45, 7) is 5.60. The summed E-state index contributed by atoms with van der Waals surface area (Å²) in [7, 11) is 0. The van der Waals surface area contributed by atoms with Crippen molar-refractivity contribution in [3.8, 4) is 0 Å². The largest absolute Gasteiger partial charge is 0.467 e. The highest BCUT2D eigenvalue weighted by Crippen LogP contribution is 2.39. The number of rotatable bonds is 8. The number of carbonyl (C=O) groups excluding carboxylic acids is 2. The number of carbonyl (C=O) groups is 2. The normalized spacial score (nSPS) is 19.9. The summed E-state index contributed by atoms with van der Waals surface area (Å²) in [5.41, 5.74) is 1.65. The van der Waals surface area contributed by atoms with Gasteiger partial charge in [-0.3, -0.25) is 14.5 Å². The van der Waals surface area contributed by atoms with Crippen LogP contribution in [0.4, 0.5) is 0 Å². The molecule has 160 valence electrons. The Balaban J connectivity index is 1.28. The smallest absolute Gasteiger partial charge is 0.251 e. The molecule has 2 aliphatic rings. The van der Waals surface area contributed by atoms with Crippen LogP contribution in [-0.2, 0) is 16.1 Å². The second-order valence-electron chi connectivity index (χ2n) is 7.45. The van der Waals surface area contributed by atoms with Crippen molar-refractivity contribution in [3.63, 3.8) is 0 Å². The zero-order valence-electron chi connectivity index (χ0n) is 16.9. The molecule has 2 fully saturated rings. The standard InChI is InChI=1S/C22H27N3O4S/c26-20-16-30-22(25(20)15-19-3-1-12-29-19)18-6-4-17(5-7-18)21(27)23-8-2-9-24-10-13-28-14-11-24/h1,3-7,12,22H,2,8-11,13-16H2,(H,23,27)/t22-/m0/s1. The lowest BCUT2D eigenvalue weighted by molar-refractivity contribution is -0.128. The van der Waals surface area contributed by atoms with E-state index in [0.717, 1.165) is 50.6 Å². The van der Waals surface area contributed by atoms with Crippen LogP contribution in [-0.4, -0.2) is 66.8 Å². The van der Waals surface area contributed by atoms with Gasteiger partial charge in [0.2, 0.25) is 5.91 Å². The van der Waals surface area contributed by atoms with Crippen molar-refractivity contribution in [2.75, 3.05) is 45.1 Å². The van der Waals surface area contributed by atoms with Crippen molar-refractivity contribution < 1.29 is 18.7 Å². The Bertz CT molecular complexity index is 835. The summed E-state index contributed by atoms with van der Waals surface area (Å²) in [5, 5.41) is 2.93. The monoisotopic (exact) mass is 429 g/mol. The minimum Gasteiger partial charge on any atom is -0.467 e. The van der Waals surface area contributed by atoms with Gasteiger partial charge in [0, 0.05) is 25.2 Å². The first-order chi connectivity index (χ1) is 14.7. The van der Waals surface area contributed by atoms with Gasteiger partial charge >= 0.3 is 0 Å². The average molecular weight is 430 g/mol. The van der Waals surface area contributed by atoms with E-state index in [1.807, 2.05) is 41.3 Å². The number of ether oxygens (including phenoxy) is 1. The zero-order chi connectivity index (χ0) is 20.8. The van der Waals surface area contributed by atoms with Crippen molar-refractivity contribution in [3.05, 3.63) is 59.5 Å². The molecule has 3 heterocycles. The predicted octanol–water partition coefficient (Wildman–Crippen LogP) is 2.51. The van der Waals surface area contributed by atoms with Crippen molar-refractivity contribution in [1.29, 1.82) is 0 Å². The van der Waals surface area contributed by atoms with E-state index < -0.39 is 0 Å². The molecule has 0 radical (unpaired) electrons. The molecule has 2 aliphatic heterocycles. The minimum absolute atomic E-state index is 0.0618. The topological polar surface area (TPSA) is 75.0 Å². The maximum absolute atomic E-state index is 12.4. The molecule has 0 spiro atoms. The van der Waals surface area contributed by atoms with Gasteiger partial charge in [0.15, 0.2) is 0 Å². The Morgan fingerprint density at radius 2 is 1.97 bits per heavy atom. The number of thioether (sulfide) groups is 1. The van der Waals surface area contributed by atoms with E-state index >= 15 is 0 Å². The van der Waals surface area contributed by atoms with E-state index in [4.69, 9.17) is 9.15 Å². The molecule has 1 atom stereocenters. The van der Waals surface area contributed by atoms with Gasteiger partial charge in [0.1, 0.15) is 11.1 Å². The van der Waals surface area contributed by atoms with Gasteiger partial charge in [-0.1, -0.05) is 12.1 Å². The van der Waals surface area contributed by atoms with E-state index in [2.05, 4.69) is 10.2 Å². The van der Waals surface area contributed by atoms with Gasteiger partial charge < -0.3 is 19.4 Å². The van der Waals surface area contributed by atoms with Gasteiger partial charge in [0.25, 0.3) is 5.91 Å². The van der Waals surface area contributed by atoms with E-state index in [1.54, 1.807) is 18.0 Å². The van der Waals surface area contributed by atoms with Crippen molar-refractivity contribution >= 4 is 23.6 Å². The zero-order valence-corrected chi connectivity index (χ0v) is 17.7. The second kappa shape index (κ2) is 10.1. The Kier molecular flexibility index (Phi) is 7.09. The van der Waals surface area contributed by atoms with Gasteiger partial charge in [-0.2, -0.15) is 0 Å². The molecule has 2 saturated heterocycles. The average Bonchev–Trinajstić information content (AvgIpc) is 3.42. The molecular formula is C22H27N3O4S. The van der Waals surface area contributed by atoms with Crippen LogP contribution in [0.15, 0.2) is 47.1 Å². The van der Waals surface area contributed by atoms with Crippen LogP contribution in [0.2, 0.25) is 0 Å². The first kappa shape index (κ1) is 21.0. The lowest BCUT2D eigenvalue weighted by atomic mass is 10.1. The Hall–Kier alpha value is -2.29. The molecule has 30 heavy (non-hydrogen) atoms. The quantitative estimate of drug-likeness (QED) is 0.650. The van der Waals surface area contributed by atoms with Crippen LogP contribution in [0.5, 0.6) is 0 Å². The molecule has 7 nitrogen and oxygen atoms in total. The number of benzene rings is 1. The molecule has 1 N–H and O–H groups in total. The summed E-state index contributed by atoms with van der Waals surface area (Å²) in [6.07, 6.45) is 2.54. The molecule has 2 amide bonds. The van der Waals surface area contributed by atoms with Crippen molar-refractivity contribution in [2.45, 2.75) is 18.3 Å². The molecule has 0 aliphatic carbocycles. The maximum Gasteiger partial charge on any atom is 0.251 e. The number of nitrogens with zero attached hydrogens (tertiary/aromatic N) is 2. The fourth-order valence-corrected chi connectivity index (χ4v) is 4.89. The number of furan rings is 1. The lowest BCUT2D eigenvalue weighted by Gasteiger charge is -2.26. The van der Waals surface area contributed by atoms with Crippen molar-refractivity contribution in [2.24, 2.45) is 0 Å². The molecule has 8 heteroatoms. The summed E-state index contributed by atoms with van der Waals surface area (Å²) < 4.78 is 10.7. The molecule has 4 rings (SSSR count). The van der Waals surface area contributed by atoms with Crippen LogP contribution >= 0.6 is 11.8 Å². The number of hydrogen-bond acceptors (Lipinski definition) is 6. The van der Waals surface area contributed by atoms with Gasteiger partial charge in [-0.25, -0.2) is 0 Å². The molecule has 1 aromatic heterocycles. The summed E-state index contributed by atoms with van der Waals surface area (Å²) in [4.78, 5) is 28.9. The lowest BCUT2D eigenvalue weighted by Crippen LogP contribution is -2.38. The number of nitrogens with one attached hydrogen (secondary N) is 1. The number of amides is 2. The van der Waals surface area contributed by atoms with Gasteiger partial charge in [-0.15, -0.1) is 11.8 Å². The molecule has 0 bridgehead atoms. The first-order valence-electron chi connectivity index (χ1n) is 10.3. The van der Waals surface area contributed by atoms with Crippen molar-refractivity contribution in [1.82, 2.24) is 15.1 Å². The predicted molar refractivity (Wildman–Crippen MR) is 115 cm³/mol. The third-order valence-electron chi connectivity index (χ3n) is 5.37. The highest BCUT2D eigenvalue weighted by molar-refractivity contribution is 8.00. The maximum atomic E-state index is 12.4. The highest BCUT2D eigenvalue weighted by atomic mass is 32.2. The third-order valence-corrected chi connectivity index (χ3v) is 6.63. The fraction of sp³-hybridized carbons (Fsp3) is 0.455. The summed E-state index contributed by atoms with van der Waals surface area (Å²) in [5.74, 6) is 1.26. The second-order valence-corrected chi connectivity index (χ2v) is 8.52. The summed E-state index contributed by atoms with van der Waals surface area (Å²) >= 11 is 1.60. The van der Waals surface area contributed by atoms with E-state index in [-0.39, 0.29) is 17.2 Å². The van der Waals surface area contributed by atoms with E-state index in [9.17, 15) is 9.59 Å². The number of morpholine rings is 1. The summed E-state index contributed by atoms with van der Waals surface area (Å²) in [6, 6.07) is 11.2.